The molecule has 0 saturated carbocycles. The Kier molecular flexibility index (Phi) is 6.94. The molecular formula is C26H18Cl2F2N6O3. The fourth-order valence-electron chi connectivity index (χ4n) is 4.02. The third kappa shape index (κ3) is 4.66. The molecule has 0 unspecified atom stereocenters. The average Bonchev–Trinajstić information content (AvgIpc) is 3.42. The molecule has 39 heavy (non-hydrogen) atoms. The Morgan fingerprint density at radius 3 is 2.31 bits per heavy atom. The summed E-state index contributed by atoms with van der Waals surface area (Å²) in [6, 6.07) is 6.78. The van der Waals surface area contributed by atoms with Gasteiger partial charge in [0, 0.05) is 47.0 Å². The summed E-state index contributed by atoms with van der Waals surface area (Å²) in [5.41, 5.74) is 2.05. The maximum absolute atomic E-state index is 14.0. The average molecular weight is 571 g/mol. The molecule has 0 aliphatic heterocycles. The number of ether oxygens (including phenoxy) is 2. The second kappa shape index (κ2) is 10.4. The van der Waals surface area contributed by atoms with Gasteiger partial charge in [-0.15, -0.1) is 0 Å². The first-order valence-corrected chi connectivity index (χ1v) is 11.9. The van der Waals surface area contributed by atoms with Crippen LogP contribution in [0.2, 0.25) is 10.0 Å². The van der Waals surface area contributed by atoms with E-state index >= 15 is 0 Å². The SMILES string of the molecule is C=CC(=O)Nc1cc(F)c(F)cc1Nc1cc2c(cn1)cc(-c1c(Cl)c(OC)cc(OC)c1Cl)c1ncnn12. The predicted octanol–water partition coefficient (Wildman–Crippen LogP) is 6.41. The molecule has 0 fully saturated rings. The van der Waals surface area contributed by atoms with E-state index in [0.717, 1.165) is 18.2 Å². The van der Waals surface area contributed by atoms with Crippen molar-refractivity contribution in [3.05, 3.63) is 77.2 Å². The van der Waals surface area contributed by atoms with Crippen LogP contribution in [-0.2, 0) is 4.79 Å². The molecule has 2 N–H and O–H groups in total. The van der Waals surface area contributed by atoms with Crippen molar-refractivity contribution in [1.82, 2.24) is 19.6 Å². The molecule has 3 aromatic heterocycles. The number of rotatable bonds is 7. The maximum atomic E-state index is 14.0. The minimum atomic E-state index is -1.13. The van der Waals surface area contributed by atoms with Gasteiger partial charge in [0.05, 0.1) is 41.2 Å². The zero-order valence-corrected chi connectivity index (χ0v) is 21.9. The van der Waals surface area contributed by atoms with Gasteiger partial charge in [-0.1, -0.05) is 29.8 Å². The van der Waals surface area contributed by atoms with Crippen molar-refractivity contribution >= 4 is 62.9 Å². The van der Waals surface area contributed by atoms with Crippen LogP contribution in [0.15, 0.2) is 55.5 Å². The summed E-state index contributed by atoms with van der Waals surface area (Å²) in [4.78, 5) is 20.6. The zero-order valence-electron chi connectivity index (χ0n) is 20.4. The van der Waals surface area contributed by atoms with Crippen molar-refractivity contribution in [2.75, 3.05) is 24.9 Å². The summed E-state index contributed by atoms with van der Waals surface area (Å²) in [6.07, 6.45) is 3.92. The number of nitrogens with zero attached hydrogens (tertiary/aromatic N) is 4. The molecule has 0 radical (unpaired) electrons. The predicted molar refractivity (Wildman–Crippen MR) is 145 cm³/mol. The summed E-state index contributed by atoms with van der Waals surface area (Å²) in [5, 5.41) is 10.8. The van der Waals surface area contributed by atoms with Crippen LogP contribution in [0.5, 0.6) is 11.5 Å². The number of carbonyl (C=O) groups is 1. The number of benzene rings is 2. The van der Waals surface area contributed by atoms with Crippen molar-refractivity contribution in [3.8, 4) is 22.6 Å². The van der Waals surface area contributed by atoms with Gasteiger partial charge in [0.2, 0.25) is 5.91 Å². The monoisotopic (exact) mass is 570 g/mol. The van der Waals surface area contributed by atoms with Crippen molar-refractivity contribution in [2.45, 2.75) is 0 Å². The van der Waals surface area contributed by atoms with Crippen molar-refractivity contribution in [3.63, 3.8) is 0 Å². The lowest BCUT2D eigenvalue weighted by Crippen LogP contribution is -2.10. The molecule has 2 aromatic carbocycles. The molecule has 1 amide bonds. The Morgan fingerprint density at radius 1 is 1.00 bits per heavy atom. The Hall–Kier alpha value is -4.48. The van der Waals surface area contributed by atoms with Gasteiger partial charge in [-0.05, 0) is 12.1 Å². The summed E-state index contributed by atoms with van der Waals surface area (Å²) in [6.45, 7) is 3.37. The quantitative estimate of drug-likeness (QED) is 0.218. The number of methoxy groups -OCH3 is 2. The highest BCUT2D eigenvalue weighted by Crippen LogP contribution is 2.47. The largest absolute Gasteiger partial charge is 0.495 e. The highest BCUT2D eigenvalue weighted by atomic mass is 35.5. The van der Waals surface area contributed by atoms with E-state index < -0.39 is 17.5 Å². The highest BCUT2D eigenvalue weighted by molar-refractivity contribution is 6.41. The van der Waals surface area contributed by atoms with Crippen LogP contribution < -0.4 is 20.1 Å². The van der Waals surface area contributed by atoms with Crippen molar-refractivity contribution in [2.24, 2.45) is 0 Å². The summed E-state index contributed by atoms with van der Waals surface area (Å²) < 4.78 is 40.3. The molecule has 0 aliphatic rings. The number of carbonyl (C=O) groups excluding carboxylic acids is 1. The molecular weight excluding hydrogens is 553 g/mol. The Balaban J connectivity index is 1.65. The number of pyridine rings is 2. The number of fused-ring (bicyclic) bond motifs is 3. The summed E-state index contributed by atoms with van der Waals surface area (Å²) >= 11 is 13.3. The van der Waals surface area contributed by atoms with E-state index in [1.54, 1.807) is 28.9 Å². The summed E-state index contributed by atoms with van der Waals surface area (Å²) in [5.74, 6) is -1.87. The molecule has 9 nitrogen and oxygen atoms in total. The summed E-state index contributed by atoms with van der Waals surface area (Å²) in [7, 11) is 2.95. The lowest BCUT2D eigenvalue weighted by molar-refractivity contribution is -0.111. The topological polar surface area (TPSA) is 103 Å². The van der Waals surface area contributed by atoms with E-state index in [-0.39, 0.29) is 27.2 Å². The van der Waals surface area contributed by atoms with Gasteiger partial charge < -0.3 is 20.1 Å². The van der Waals surface area contributed by atoms with Gasteiger partial charge in [-0.3, -0.25) is 4.79 Å². The number of hydrogen-bond acceptors (Lipinski definition) is 7. The van der Waals surface area contributed by atoms with E-state index in [1.807, 2.05) is 0 Å². The molecule has 0 aliphatic carbocycles. The Bertz CT molecular complexity index is 1770. The molecule has 0 bridgehead atoms. The number of nitrogens with one attached hydrogen (secondary N) is 2. The van der Waals surface area contributed by atoms with Crippen LogP contribution in [0.1, 0.15) is 0 Å². The number of aromatic nitrogens is 4. The first-order valence-electron chi connectivity index (χ1n) is 11.2. The molecule has 13 heteroatoms. The van der Waals surface area contributed by atoms with Gasteiger partial charge in [0.1, 0.15) is 23.6 Å². The Labute approximate surface area is 230 Å². The van der Waals surface area contributed by atoms with Crippen molar-refractivity contribution < 1.29 is 23.0 Å². The van der Waals surface area contributed by atoms with Gasteiger partial charge in [0.15, 0.2) is 17.3 Å². The van der Waals surface area contributed by atoms with Gasteiger partial charge in [0.25, 0.3) is 0 Å². The van der Waals surface area contributed by atoms with Gasteiger partial charge in [-0.25, -0.2) is 23.3 Å². The molecule has 5 rings (SSSR count). The van der Waals surface area contributed by atoms with Crippen LogP contribution in [-0.4, -0.2) is 39.7 Å². The molecule has 0 atom stereocenters. The molecule has 198 valence electrons. The minimum Gasteiger partial charge on any atom is -0.495 e. The fraction of sp³-hybridized carbons (Fsp3) is 0.0769. The fourth-order valence-corrected chi connectivity index (χ4v) is 4.73. The van der Waals surface area contributed by atoms with E-state index in [4.69, 9.17) is 32.7 Å². The van der Waals surface area contributed by atoms with Crippen molar-refractivity contribution in [1.29, 1.82) is 0 Å². The molecule has 3 heterocycles. The van der Waals surface area contributed by atoms with Crippen LogP contribution in [0.3, 0.4) is 0 Å². The molecule has 5 aromatic rings. The van der Waals surface area contributed by atoms with Crippen LogP contribution in [0, 0.1) is 11.6 Å². The smallest absolute Gasteiger partial charge is 0.247 e. The Morgan fingerprint density at radius 2 is 1.67 bits per heavy atom. The second-order valence-electron chi connectivity index (χ2n) is 8.10. The number of anilines is 3. The first-order chi connectivity index (χ1) is 18.7. The molecule has 0 spiro atoms. The van der Waals surface area contributed by atoms with E-state index in [9.17, 15) is 13.6 Å². The van der Waals surface area contributed by atoms with Crippen LogP contribution in [0.25, 0.3) is 27.7 Å². The third-order valence-corrected chi connectivity index (χ3v) is 6.59. The minimum absolute atomic E-state index is 0.00166. The zero-order chi connectivity index (χ0) is 27.8. The lowest BCUT2D eigenvalue weighted by atomic mass is 10.0. The first kappa shape index (κ1) is 26.1. The highest BCUT2D eigenvalue weighted by Gasteiger charge is 2.23. The third-order valence-electron chi connectivity index (χ3n) is 5.84. The van der Waals surface area contributed by atoms with E-state index in [1.165, 1.54) is 20.5 Å². The van der Waals surface area contributed by atoms with E-state index in [0.29, 0.717) is 39.2 Å². The number of hydrogen-bond donors (Lipinski definition) is 2. The lowest BCUT2D eigenvalue weighted by Gasteiger charge is -2.16. The maximum Gasteiger partial charge on any atom is 0.247 e. The van der Waals surface area contributed by atoms with Gasteiger partial charge >= 0.3 is 0 Å². The second-order valence-corrected chi connectivity index (χ2v) is 8.85. The number of amides is 1. The van der Waals surface area contributed by atoms with Crippen LogP contribution >= 0.6 is 23.2 Å². The molecule has 0 saturated heterocycles. The van der Waals surface area contributed by atoms with Gasteiger partial charge in [-0.2, -0.15) is 5.10 Å². The normalized spacial score (nSPS) is 11.0. The number of halogens is 4. The van der Waals surface area contributed by atoms with Crippen LogP contribution in [0.4, 0.5) is 26.0 Å². The standard InChI is InChI=1S/C26H18Cl2F2N6O3/c1-4-22(37)35-17-7-15(30)14(29)6-16(17)34-21-8-18-12(10-31-21)5-13(26-32-11-33-36(18)26)23-24(27)19(38-2)9-20(39-3)25(23)28/h4-11H,1H2,2-3H3,(H,31,34)(H,35,37). The van der Waals surface area contributed by atoms with E-state index in [2.05, 4.69) is 32.3 Å².